The fourth-order valence-corrected chi connectivity index (χ4v) is 4.83. The Bertz CT molecular complexity index is 1150. The molecule has 0 saturated heterocycles. The number of halogens is 2. The highest BCUT2D eigenvalue weighted by molar-refractivity contribution is 6.37. The summed E-state index contributed by atoms with van der Waals surface area (Å²) in [6, 6.07) is 15.1. The van der Waals surface area contributed by atoms with Crippen LogP contribution in [0.1, 0.15) is 37.7 Å². The molecule has 0 spiro atoms. The molecule has 32 heavy (non-hydrogen) atoms. The number of benzene rings is 2. The number of carbonyl (C=O) groups excluding carboxylic acids is 1. The Kier molecular flexibility index (Phi) is 6.31. The monoisotopic (exact) mass is 468 g/mol. The predicted molar refractivity (Wildman–Crippen MR) is 125 cm³/mol. The van der Waals surface area contributed by atoms with Gasteiger partial charge < -0.3 is 10.5 Å². The number of nitriles is 1. The number of ether oxygens (including phenoxy) is 1. The van der Waals surface area contributed by atoms with E-state index in [9.17, 15) is 10.1 Å². The molecule has 2 aromatic rings. The van der Waals surface area contributed by atoms with Crippen molar-refractivity contribution in [3.8, 4) is 11.8 Å². The average molecular weight is 469 g/mol. The number of nitrogens with two attached hydrogens (primary N) is 1. The van der Waals surface area contributed by atoms with Gasteiger partial charge in [0.15, 0.2) is 11.5 Å². The summed E-state index contributed by atoms with van der Waals surface area (Å²) in [5.74, 6) is -0.0434. The first-order valence-corrected chi connectivity index (χ1v) is 11.1. The van der Waals surface area contributed by atoms with Crippen LogP contribution in [0, 0.1) is 11.3 Å². The van der Waals surface area contributed by atoms with Crippen molar-refractivity contribution >= 4 is 34.7 Å². The Morgan fingerprint density at radius 3 is 2.53 bits per heavy atom. The number of hydrogen-bond donors (Lipinski definition) is 2. The maximum atomic E-state index is 13.1. The number of Topliss-reactive ketones (excluding diaryl/α,β-unsaturated/α-hetero) is 1. The highest BCUT2D eigenvalue weighted by Gasteiger charge is 2.40. The van der Waals surface area contributed by atoms with Crippen molar-refractivity contribution in [3.05, 3.63) is 80.7 Å². The molecule has 0 fully saturated rings. The van der Waals surface area contributed by atoms with Crippen LogP contribution in [0.2, 0.25) is 10.0 Å². The molecule has 164 valence electrons. The van der Waals surface area contributed by atoms with Gasteiger partial charge in [0.25, 0.3) is 0 Å². The third-order valence-corrected chi connectivity index (χ3v) is 6.13. The number of hydrogen-bond acceptors (Lipinski definition) is 6. The molecule has 0 aromatic heterocycles. The summed E-state index contributed by atoms with van der Waals surface area (Å²) in [5, 5.41) is 12.4. The molecule has 1 heterocycles. The number of allylic oxidation sites excluding steroid dienone is 3. The smallest absolute Gasteiger partial charge is 0.161 e. The third-order valence-electron chi connectivity index (χ3n) is 5.57. The molecule has 0 radical (unpaired) electrons. The molecule has 8 heteroatoms. The summed E-state index contributed by atoms with van der Waals surface area (Å²) in [6.07, 6.45) is 1.76. The summed E-state index contributed by atoms with van der Waals surface area (Å²) in [7, 11) is 0. The second kappa shape index (κ2) is 9.15. The van der Waals surface area contributed by atoms with Crippen LogP contribution in [0.15, 0.2) is 65.1 Å². The zero-order valence-electron chi connectivity index (χ0n) is 17.5. The summed E-state index contributed by atoms with van der Waals surface area (Å²) < 4.78 is 5.53. The minimum atomic E-state index is -0.651. The van der Waals surface area contributed by atoms with Crippen LogP contribution in [0.25, 0.3) is 0 Å². The van der Waals surface area contributed by atoms with E-state index in [1.807, 2.05) is 37.3 Å². The topological polar surface area (TPSA) is 91.4 Å². The van der Waals surface area contributed by atoms with Crippen LogP contribution < -0.4 is 15.9 Å². The average Bonchev–Trinajstić information content (AvgIpc) is 2.78. The zero-order chi connectivity index (χ0) is 22.8. The molecule has 6 nitrogen and oxygen atoms in total. The molecule has 0 unspecified atom stereocenters. The lowest BCUT2D eigenvalue weighted by atomic mass is 9.76. The first kappa shape index (κ1) is 22.1. The maximum Gasteiger partial charge on any atom is 0.161 e. The lowest BCUT2D eigenvalue weighted by Gasteiger charge is -2.39. The quantitative estimate of drug-likeness (QED) is 0.599. The van der Waals surface area contributed by atoms with Crippen molar-refractivity contribution in [3.63, 3.8) is 0 Å². The molecule has 1 atom stereocenters. The standard InChI is InChI=1S/C24H22Cl2N4O2/c1-2-32-23-17(25)11-14(12-18(23)26)21-16(13-27)24(28)30(29-15-7-4-3-5-8-15)19-9-6-10-20(31)22(19)21/h3-5,7-8,11-12,21,29H,2,6,9-10,28H2,1H3/t21-/m1/s1. The second-order valence-corrected chi connectivity index (χ2v) is 8.36. The predicted octanol–water partition coefficient (Wildman–Crippen LogP) is 5.52. The number of para-hydroxylation sites is 1. The van der Waals surface area contributed by atoms with Gasteiger partial charge in [-0.2, -0.15) is 5.26 Å². The van der Waals surface area contributed by atoms with Crippen molar-refractivity contribution in [2.24, 2.45) is 5.73 Å². The van der Waals surface area contributed by atoms with Crippen LogP contribution in [-0.4, -0.2) is 17.4 Å². The van der Waals surface area contributed by atoms with Gasteiger partial charge in [-0.3, -0.25) is 10.2 Å². The van der Waals surface area contributed by atoms with Crippen LogP contribution in [0.4, 0.5) is 5.69 Å². The van der Waals surface area contributed by atoms with E-state index >= 15 is 0 Å². The number of carbonyl (C=O) groups is 1. The highest BCUT2D eigenvalue weighted by atomic mass is 35.5. The van der Waals surface area contributed by atoms with Crippen molar-refractivity contribution in [2.45, 2.75) is 32.1 Å². The Morgan fingerprint density at radius 2 is 1.91 bits per heavy atom. The molecule has 0 amide bonds. The number of ketones is 1. The van der Waals surface area contributed by atoms with Crippen molar-refractivity contribution in [1.82, 2.24) is 5.01 Å². The molecule has 2 aliphatic rings. The molecule has 2 aromatic carbocycles. The molecular formula is C24H22Cl2N4O2. The summed E-state index contributed by atoms with van der Waals surface area (Å²) in [6.45, 7) is 2.25. The lowest BCUT2D eigenvalue weighted by Crippen LogP contribution is -2.41. The van der Waals surface area contributed by atoms with Gasteiger partial charge in [-0.25, -0.2) is 5.01 Å². The number of nitrogens with one attached hydrogen (secondary N) is 1. The fraction of sp³-hybridized carbons (Fsp3) is 0.250. The SMILES string of the molecule is CCOc1c(Cl)cc([C@@H]2C(C#N)=C(N)N(Nc3ccccc3)C3=C2C(=O)CCC3)cc1Cl. The van der Waals surface area contributed by atoms with Crippen molar-refractivity contribution in [1.29, 1.82) is 5.26 Å². The second-order valence-electron chi connectivity index (χ2n) is 7.54. The van der Waals surface area contributed by atoms with E-state index in [4.69, 9.17) is 33.7 Å². The van der Waals surface area contributed by atoms with Crippen molar-refractivity contribution < 1.29 is 9.53 Å². The van der Waals surface area contributed by atoms with Crippen molar-refractivity contribution in [2.75, 3.05) is 12.0 Å². The molecule has 3 N–H and O–H groups in total. The van der Waals surface area contributed by atoms with E-state index in [0.29, 0.717) is 52.8 Å². The minimum absolute atomic E-state index is 0.0162. The molecular weight excluding hydrogens is 447 g/mol. The van der Waals surface area contributed by atoms with E-state index in [1.165, 1.54) is 0 Å². The van der Waals surface area contributed by atoms with Crippen LogP contribution in [0.5, 0.6) is 5.75 Å². The Labute approximate surface area is 196 Å². The fourth-order valence-electron chi connectivity index (χ4n) is 4.22. The van der Waals surface area contributed by atoms with E-state index < -0.39 is 5.92 Å². The van der Waals surface area contributed by atoms with E-state index in [2.05, 4.69) is 11.5 Å². The van der Waals surface area contributed by atoms with E-state index in [-0.39, 0.29) is 17.2 Å². The first-order valence-electron chi connectivity index (χ1n) is 10.4. The van der Waals surface area contributed by atoms with Gasteiger partial charge in [0.05, 0.1) is 39.9 Å². The highest BCUT2D eigenvalue weighted by Crippen LogP contribution is 2.47. The number of hydrazine groups is 1. The van der Waals surface area contributed by atoms with Crippen LogP contribution in [-0.2, 0) is 4.79 Å². The Balaban J connectivity index is 1.87. The number of anilines is 1. The van der Waals surface area contributed by atoms with E-state index in [0.717, 1.165) is 11.4 Å². The van der Waals surface area contributed by atoms with Gasteiger partial charge in [0, 0.05) is 17.7 Å². The number of rotatable bonds is 5. The lowest BCUT2D eigenvalue weighted by molar-refractivity contribution is -0.116. The normalized spacial score (nSPS) is 18.4. The zero-order valence-corrected chi connectivity index (χ0v) is 19.0. The number of nitrogens with zero attached hydrogens (tertiary/aromatic N) is 2. The molecule has 1 aliphatic heterocycles. The van der Waals surface area contributed by atoms with Gasteiger partial charge in [-0.15, -0.1) is 0 Å². The summed E-state index contributed by atoms with van der Waals surface area (Å²) >= 11 is 12.9. The van der Waals surface area contributed by atoms with Gasteiger partial charge in [-0.05, 0) is 49.6 Å². The van der Waals surface area contributed by atoms with Gasteiger partial charge in [0.2, 0.25) is 0 Å². The van der Waals surface area contributed by atoms with E-state index in [1.54, 1.807) is 17.1 Å². The van der Waals surface area contributed by atoms with Gasteiger partial charge in [0.1, 0.15) is 5.82 Å². The van der Waals surface area contributed by atoms with Crippen LogP contribution >= 0.6 is 23.2 Å². The Hall–Kier alpha value is -3.14. The van der Waals surface area contributed by atoms with Gasteiger partial charge in [-0.1, -0.05) is 41.4 Å². The molecule has 0 saturated carbocycles. The maximum absolute atomic E-state index is 13.1. The Morgan fingerprint density at radius 1 is 1.22 bits per heavy atom. The largest absolute Gasteiger partial charge is 0.491 e. The molecule has 0 bridgehead atoms. The summed E-state index contributed by atoms with van der Waals surface area (Å²) in [4.78, 5) is 13.1. The minimum Gasteiger partial charge on any atom is -0.491 e. The van der Waals surface area contributed by atoms with Gasteiger partial charge >= 0.3 is 0 Å². The molecule has 4 rings (SSSR count). The van der Waals surface area contributed by atoms with Crippen LogP contribution in [0.3, 0.4) is 0 Å². The first-order chi connectivity index (χ1) is 15.5. The third kappa shape index (κ3) is 3.90. The molecule has 1 aliphatic carbocycles. The summed E-state index contributed by atoms with van der Waals surface area (Å²) in [5.41, 5.74) is 12.7.